The van der Waals surface area contributed by atoms with Crippen molar-refractivity contribution in [1.82, 2.24) is 5.32 Å². The molecule has 2 unspecified atom stereocenters. The Morgan fingerprint density at radius 3 is 2.13 bits per heavy atom. The van der Waals surface area contributed by atoms with Gasteiger partial charge in [0.15, 0.2) is 0 Å². The number of hydrogen-bond donors (Lipinski definition) is 1. The number of carbonyl (C=O) groups is 1. The molecule has 172 valence electrons. The molecule has 6 heteroatoms. The molecule has 0 saturated carbocycles. The zero-order valence-corrected chi connectivity index (χ0v) is 18.9. The van der Waals surface area contributed by atoms with Gasteiger partial charge in [-0.2, -0.15) is 13.2 Å². The molecule has 0 fully saturated rings. The molecule has 0 aromatic heterocycles. The van der Waals surface area contributed by atoms with E-state index in [9.17, 15) is 22.4 Å². The van der Waals surface area contributed by atoms with Crippen molar-refractivity contribution < 1.29 is 22.4 Å². The lowest BCUT2D eigenvalue weighted by atomic mass is 9.87. The highest BCUT2D eigenvalue weighted by Crippen LogP contribution is 2.30. The van der Waals surface area contributed by atoms with E-state index in [-0.39, 0.29) is 17.3 Å². The maximum absolute atomic E-state index is 13.2. The van der Waals surface area contributed by atoms with Gasteiger partial charge in [-0.1, -0.05) is 65.3 Å². The topological polar surface area (TPSA) is 29.1 Å². The summed E-state index contributed by atoms with van der Waals surface area (Å²) in [5.41, 5.74) is -0.132. The van der Waals surface area contributed by atoms with Gasteiger partial charge in [-0.15, -0.1) is 6.58 Å². The first-order chi connectivity index (χ1) is 14.8. The standard InChI is InChI=1S/C21H21F4NO.2C2H6/c1-3-6-18(14-9-11-17(22)12-10-14)19(4-2)26-20(27)15-7-5-8-16(13-15)21(23,24)25;2*1-2/h4-5,7-13,18-19H,2-3,6H2,1H3,(H,26,27);2*1-2H3. The number of benzene rings is 2. The van der Waals surface area contributed by atoms with Crippen LogP contribution < -0.4 is 5.32 Å². The van der Waals surface area contributed by atoms with Crippen molar-refractivity contribution >= 4 is 5.91 Å². The molecule has 1 amide bonds. The Morgan fingerprint density at radius 2 is 1.65 bits per heavy atom. The quantitative estimate of drug-likeness (QED) is 0.347. The number of nitrogens with one attached hydrogen (secondary N) is 1. The minimum atomic E-state index is -4.52. The van der Waals surface area contributed by atoms with Crippen molar-refractivity contribution in [3.05, 3.63) is 83.7 Å². The fourth-order valence-electron chi connectivity index (χ4n) is 2.97. The molecule has 0 heterocycles. The molecule has 2 rings (SSSR count). The Hall–Kier alpha value is -2.63. The van der Waals surface area contributed by atoms with E-state index in [2.05, 4.69) is 11.9 Å². The second kappa shape index (κ2) is 14.4. The van der Waals surface area contributed by atoms with Crippen LogP contribution in [0.2, 0.25) is 0 Å². The number of alkyl halides is 3. The Balaban J connectivity index is 0.00000212. The van der Waals surface area contributed by atoms with Gasteiger partial charge in [-0.05, 0) is 42.3 Å². The molecule has 0 aliphatic heterocycles. The summed E-state index contributed by atoms with van der Waals surface area (Å²) < 4.78 is 51.8. The Labute approximate surface area is 183 Å². The molecule has 0 aliphatic rings. The summed E-state index contributed by atoms with van der Waals surface area (Å²) in [4.78, 5) is 12.5. The average Bonchev–Trinajstić information content (AvgIpc) is 2.79. The van der Waals surface area contributed by atoms with Crippen LogP contribution in [0.5, 0.6) is 0 Å². The normalized spacial score (nSPS) is 12.3. The van der Waals surface area contributed by atoms with Crippen LogP contribution >= 0.6 is 0 Å². The number of amides is 1. The highest BCUT2D eigenvalue weighted by atomic mass is 19.4. The molecule has 31 heavy (non-hydrogen) atoms. The first kappa shape index (κ1) is 28.4. The molecule has 0 bridgehead atoms. The maximum Gasteiger partial charge on any atom is 0.416 e. The van der Waals surface area contributed by atoms with E-state index < -0.39 is 23.7 Å². The monoisotopic (exact) mass is 439 g/mol. The van der Waals surface area contributed by atoms with E-state index in [1.54, 1.807) is 18.2 Å². The zero-order valence-electron chi connectivity index (χ0n) is 18.9. The average molecular weight is 440 g/mol. The molecular weight excluding hydrogens is 406 g/mol. The van der Waals surface area contributed by atoms with E-state index >= 15 is 0 Å². The van der Waals surface area contributed by atoms with Gasteiger partial charge in [0.05, 0.1) is 11.6 Å². The van der Waals surface area contributed by atoms with Gasteiger partial charge in [0.1, 0.15) is 5.82 Å². The molecule has 2 aromatic rings. The largest absolute Gasteiger partial charge is 0.416 e. The summed E-state index contributed by atoms with van der Waals surface area (Å²) in [5, 5.41) is 2.74. The fourth-order valence-corrected chi connectivity index (χ4v) is 2.97. The third-order valence-corrected chi connectivity index (χ3v) is 4.34. The number of rotatable bonds is 7. The van der Waals surface area contributed by atoms with Crippen LogP contribution in [0, 0.1) is 5.82 Å². The van der Waals surface area contributed by atoms with Crippen LogP contribution in [0.4, 0.5) is 17.6 Å². The Morgan fingerprint density at radius 1 is 1.06 bits per heavy atom. The zero-order chi connectivity index (χ0) is 24.0. The fraction of sp³-hybridized carbons (Fsp3) is 0.400. The lowest BCUT2D eigenvalue weighted by molar-refractivity contribution is -0.137. The third-order valence-electron chi connectivity index (χ3n) is 4.34. The van der Waals surface area contributed by atoms with Crippen molar-refractivity contribution in [2.24, 2.45) is 0 Å². The minimum Gasteiger partial charge on any atom is -0.345 e. The minimum absolute atomic E-state index is 0.0778. The Kier molecular flexibility index (Phi) is 13.2. The molecule has 0 spiro atoms. The second-order valence-electron chi connectivity index (χ2n) is 6.26. The van der Waals surface area contributed by atoms with Gasteiger partial charge < -0.3 is 5.32 Å². The van der Waals surface area contributed by atoms with Crippen molar-refractivity contribution in [1.29, 1.82) is 0 Å². The van der Waals surface area contributed by atoms with E-state index in [0.29, 0.717) is 6.42 Å². The lowest BCUT2D eigenvalue weighted by Crippen LogP contribution is -2.38. The summed E-state index contributed by atoms with van der Waals surface area (Å²) in [6.45, 7) is 13.7. The molecule has 2 nitrogen and oxygen atoms in total. The summed E-state index contributed by atoms with van der Waals surface area (Å²) in [6.07, 6.45) is -1.46. The van der Waals surface area contributed by atoms with E-state index in [1.807, 2.05) is 34.6 Å². The molecule has 0 radical (unpaired) electrons. The van der Waals surface area contributed by atoms with Crippen molar-refractivity contribution in [3.63, 3.8) is 0 Å². The molecule has 0 aliphatic carbocycles. The molecule has 0 saturated heterocycles. The van der Waals surface area contributed by atoms with E-state index in [0.717, 1.165) is 24.1 Å². The number of hydrogen-bond acceptors (Lipinski definition) is 1. The van der Waals surface area contributed by atoms with E-state index in [1.165, 1.54) is 24.3 Å². The summed E-state index contributed by atoms with van der Waals surface area (Å²) in [7, 11) is 0. The SMILES string of the molecule is C=CC(NC(=O)c1cccc(C(F)(F)F)c1)C(CCC)c1ccc(F)cc1.CC.CC. The van der Waals surface area contributed by atoms with Gasteiger partial charge in [0, 0.05) is 11.5 Å². The van der Waals surface area contributed by atoms with Crippen LogP contribution in [-0.2, 0) is 6.18 Å². The number of halogens is 4. The molecule has 2 atom stereocenters. The van der Waals surface area contributed by atoms with Gasteiger partial charge in [0.25, 0.3) is 5.91 Å². The predicted molar refractivity (Wildman–Crippen MR) is 120 cm³/mol. The van der Waals surface area contributed by atoms with E-state index in [4.69, 9.17) is 0 Å². The van der Waals surface area contributed by atoms with Crippen LogP contribution in [0.1, 0.15) is 74.9 Å². The van der Waals surface area contributed by atoms with Crippen LogP contribution in [-0.4, -0.2) is 11.9 Å². The highest BCUT2D eigenvalue weighted by molar-refractivity contribution is 5.94. The molecule has 1 N–H and O–H groups in total. The summed E-state index contributed by atoms with van der Waals surface area (Å²) >= 11 is 0. The van der Waals surface area contributed by atoms with Crippen LogP contribution in [0.25, 0.3) is 0 Å². The number of carbonyl (C=O) groups excluding carboxylic acids is 1. The lowest BCUT2D eigenvalue weighted by Gasteiger charge is -2.26. The molecular formula is C25H33F4NO. The first-order valence-corrected chi connectivity index (χ1v) is 10.6. The smallest absolute Gasteiger partial charge is 0.345 e. The molecule has 2 aromatic carbocycles. The van der Waals surface area contributed by atoms with Crippen LogP contribution in [0.15, 0.2) is 61.2 Å². The first-order valence-electron chi connectivity index (χ1n) is 10.6. The van der Waals surface area contributed by atoms with Crippen molar-refractivity contribution in [3.8, 4) is 0 Å². The van der Waals surface area contributed by atoms with Gasteiger partial charge in [-0.25, -0.2) is 4.39 Å². The summed E-state index contributed by atoms with van der Waals surface area (Å²) in [5.74, 6) is -1.14. The van der Waals surface area contributed by atoms with Crippen LogP contribution in [0.3, 0.4) is 0 Å². The highest BCUT2D eigenvalue weighted by Gasteiger charge is 2.31. The van der Waals surface area contributed by atoms with Gasteiger partial charge in [0.2, 0.25) is 0 Å². The maximum atomic E-state index is 13.2. The van der Waals surface area contributed by atoms with Gasteiger partial charge >= 0.3 is 6.18 Å². The van der Waals surface area contributed by atoms with Gasteiger partial charge in [-0.3, -0.25) is 4.79 Å². The predicted octanol–water partition coefficient (Wildman–Crippen LogP) is 7.77. The second-order valence-corrected chi connectivity index (χ2v) is 6.26. The Bertz CT molecular complexity index is 785. The third kappa shape index (κ3) is 8.95. The van der Waals surface area contributed by atoms with Crippen molar-refractivity contribution in [2.45, 2.75) is 65.6 Å². The van der Waals surface area contributed by atoms with Crippen molar-refractivity contribution in [2.75, 3.05) is 0 Å². The summed E-state index contributed by atoms with van der Waals surface area (Å²) in [6, 6.07) is 9.73.